The first-order valence-electron chi connectivity index (χ1n) is 7.89. The van der Waals surface area contributed by atoms with Crippen LogP contribution in [0.1, 0.15) is 23.7 Å². The zero-order valence-electron chi connectivity index (χ0n) is 13.3. The molecule has 1 aromatic rings. The average molecular weight is 315 g/mol. The number of carboxylic acid groups (broad SMARTS) is 1. The first-order valence-corrected chi connectivity index (χ1v) is 7.89. The van der Waals surface area contributed by atoms with Crippen LogP contribution in [-0.4, -0.2) is 53.8 Å². The Morgan fingerprint density at radius 3 is 2.87 bits per heavy atom. The molecule has 6 heteroatoms. The maximum absolute atomic E-state index is 12.6. The Morgan fingerprint density at radius 2 is 2.17 bits per heavy atom. The Bertz CT molecular complexity index is 671. The number of aliphatic imine (C=N–C) groups is 1. The van der Waals surface area contributed by atoms with Crippen molar-refractivity contribution in [2.45, 2.75) is 19.4 Å². The number of carbonyl (C=O) groups is 2. The van der Waals surface area contributed by atoms with Gasteiger partial charge in [-0.3, -0.25) is 9.59 Å². The number of nitrogens with zero attached hydrogens (tertiary/aromatic N) is 2. The molecule has 23 heavy (non-hydrogen) atoms. The Hall–Kier alpha value is -2.21. The molecule has 0 radical (unpaired) electrons. The van der Waals surface area contributed by atoms with Gasteiger partial charge in [0, 0.05) is 24.7 Å². The highest BCUT2D eigenvalue weighted by atomic mass is 16.4. The summed E-state index contributed by atoms with van der Waals surface area (Å²) in [7, 11) is 1.92. The zero-order valence-corrected chi connectivity index (χ0v) is 13.3. The van der Waals surface area contributed by atoms with Gasteiger partial charge in [0.15, 0.2) is 11.7 Å². The van der Waals surface area contributed by atoms with Gasteiger partial charge in [-0.25, -0.2) is 4.99 Å². The molecular formula is C17H21N3O3. The molecule has 2 aliphatic rings. The molecule has 3 atom stereocenters. The van der Waals surface area contributed by atoms with E-state index in [9.17, 15) is 14.7 Å². The molecule has 122 valence electrons. The summed E-state index contributed by atoms with van der Waals surface area (Å²) in [4.78, 5) is 30.8. The highest BCUT2D eigenvalue weighted by molar-refractivity contribution is 6.26. The standard InChI is InChI=1S/C17H21N3O3/c1-10(18-2)11-7-8-20(9-11)16-14(17(22)23)15(21)12-5-3-4-6-13(12)19-16/h3-6,10-11,14,18H,7-9H2,1-2H3,(H,22,23). The number of nitrogens with one attached hydrogen (secondary N) is 1. The van der Waals surface area contributed by atoms with E-state index >= 15 is 0 Å². The third-order valence-corrected chi connectivity index (χ3v) is 4.88. The Balaban J connectivity index is 1.95. The van der Waals surface area contributed by atoms with E-state index in [4.69, 9.17) is 0 Å². The second-order valence-electron chi connectivity index (χ2n) is 6.19. The minimum Gasteiger partial charge on any atom is -0.480 e. The SMILES string of the molecule is CNC(C)C1CCN(C2=Nc3ccccc3C(=O)C2C(=O)O)C1. The van der Waals surface area contributed by atoms with Gasteiger partial charge in [0.1, 0.15) is 5.84 Å². The van der Waals surface area contributed by atoms with Crippen LogP contribution in [0.25, 0.3) is 0 Å². The molecule has 3 unspecified atom stereocenters. The van der Waals surface area contributed by atoms with E-state index in [1.54, 1.807) is 18.2 Å². The first kappa shape index (κ1) is 15.7. The number of carbonyl (C=O) groups excluding carboxylic acids is 1. The van der Waals surface area contributed by atoms with Crippen molar-refractivity contribution < 1.29 is 14.7 Å². The van der Waals surface area contributed by atoms with Crippen molar-refractivity contribution in [3.8, 4) is 0 Å². The highest BCUT2D eigenvalue weighted by Crippen LogP contribution is 2.32. The van der Waals surface area contributed by atoms with E-state index in [1.165, 1.54) is 0 Å². The third kappa shape index (κ3) is 2.74. The first-order chi connectivity index (χ1) is 11.0. The fraction of sp³-hybridized carbons (Fsp3) is 0.471. The normalized spacial score (nSPS) is 25.0. The number of ketones is 1. The summed E-state index contributed by atoms with van der Waals surface area (Å²) >= 11 is 0. The second-order valence-corrected chi connectivity index (χ2v) is 6.19. The minimum absolute atomic E-state index is 0.343. The van der Waals surface area contributed by atoms with Crippen molar-refractivity contribution in [2.24, 2.45) is 16.8 Å². The molecule has 2 N–H and O–H groups in total. The van der Waals surface area contributed by atoms with Crippen LogP contribution in [0.3, 0.4) is 0 Å². The van der Waals surface area contributed by atoms with Crippen LogP contribution in [-0.2, 0) is 4.79 Å². The summed E-state index contributed by atoms with van der Waals surface area (Å²) in [6.45, 7) is 3.57. The number of hydrogen-bond donors (Lipinski definition) is 2. The predicted molar refractivity (Wildman–Crippen MR) is 87.2 cm³/mol. The highest BCUT2D eigenvalue weighted by Gasteiger charge is 2.41. The molecular weight excluding hydrogens is 294 g/mol. The fourth-order valence-corrected chi connectivity index (χ4v) is 3.36. The number of Topliss-reactive ketones (excluding diaryl/α,β-unsaturated/α-hetero) is 1. The number of fused-ring (bicyclic) bond motifs is 1. The van der Waals surface area contributed by atoms with Crippen LogP contribution in [0.2, 0.25) is 0 Å². The lowest BCUT2D eigenvalue weighted by atomic mass is 9.91. The lowest BCUT2D eigenvalue weighted by molar-refractivity contribution is -0.138. The van der Waals surface area contributed by atoms with Gasteiger partial charge < -0.3 is 15.3 Å². The Kier molecular flexibility index (Phi) is 4.17. The number of benzene rings is 1. The van der Waals surface area contributed by atoms with E-state index in [0.717, 1.165) is 19.5 Å². The van der Waals surface area contributed by atoms with Crippen molar-refractivity contribution in [1.29, 1.82) is 0 Å². The number of para-hydroxylation sites is 1. The summed E-state index contributed by atoms with van der Waals surface area (Å²) in [5, 5.41) is 12.8. The molecule has 1 saturated heterocycles. The molecule has 0 aliphatic carbocycles. The molecule has 2 aliphatic heterocycles. The van der Waals surface area contributed by atoms with E-state index < -0.39 is 11.9 Å². The topological polar surface area (TPSA) is 82.0 Å². The summed E-state index contributed by atoms with van der Waals surface area (Å²) in [6, 6.07) is 7.29. The number of rotatable bonds is 3. The third-order valence-electron chi connectivity index (χ3n) is 4.88. The number of aliphatic carboxylic acids is 1. The van der Waals surface area contributed by atoms with Crippen LogP contribution >= 0.6 is 0 Å². The van der Waals surface area contributed by atoms with Gasteiger partial charge in [-0.05, 0) is 38.4 Å². The summed E-state index contributed by atoms with van der Waals surface area (Å²) in [6.07, 6.45) is 0.962. The van der Waals surface area contributed by atoms with Crippen molar-refractivity contribution in [3.05, 3.63) is 29.8 Å². The molecule has 0 aromatic heterocycles. The van der Waals surface area contributed by atoms with Gasteiger partial charge in [-0.15, -0.1) is 0 Å². The van der Waals surface area contributed by atoms with Crippen LogP contribution in [0, 0.1) is 11.8 Å². The number of hydrogen-bond acceptors (Lipinski definition) is 5. The van der Waals surface area contributed by atoms with E-state index in [0.29, 0.717) is 29.0 Å². The molecule has 1 aromatic carbocycles. The van der Waals surface area contributed by atoms with Crippen molar-refractivity contribution in [3.63, 3.8) is 0 Å². The molecule has 0 amide bonds. The monoisotopic (exact) mass is 315 g/mol. The Labute approximate surface area is 135 Å². The predicted octanol–water partition coefficient (Wildman–Crippen LogP) is 1.54. The van der Waals surface area contributed by atoms with Crippen molar-refractivity contribution in [2.75, 3.05) is 20.1 Å². The van der Waals surface area contributed by atoms with Crippen molar-refractivity contribution >= 4 is 23.3 Å². The largest absolute Gasteiger partial charge is 0.480 e. The smallest absolute Gasteiger partial charge is 0.322 e. The van der Waals surface area contributed by atoms with Crippen LogP contribution in [0.4, 0.5) is 5.69 Å². The maximum atomic E-state index is 12.6. The molecule has 0 saturated carbocycles. The van der Waals surface area contributed by atoms with E-state index in [-0.39, 0.29) is 5.78 Å². The molecule has 1 fully saturated rings. The lowest BCUT2D eigenvalue weighted by Crippen LogP contribution is -2.44. The van der Waals surface area contributed by atoms with Gasteiger partial charge in [-0.1, -0.05) is 12.1 Å². The van der Waals surface area contributed by atoms with Crippen molar-refractivity contribution in [1.82, 2.24) is 10.2 Å². The van der Waals surface area contributed by atoms with Gasteiger partial charge in [-0.2, -0.15) is 0 Å². The Morgan fingerprint density at radius 1 is 1.43 bits per heavy atom. The lowest BCUT2D eigenvalue weighted by Gasteiger charge is -2.29. The molecule has 6 nitrogen and oxygen atoms in total. The maximum Gasteiger partial charge on any atom is 0.322 e. The number of likely N-dealkylation sites (tertiary alicyclic amines) is 1. The summed E-state index contributed by atoms with van der Waals surface area (Å²) in [5.74, 6) is -1.90. The van der Waals surface area contributed by atoms with Crippen LogP contribution < -0.4 is 5.32 Å². The average Bonchev–Trinajstić information content (AvgIpc) is 3.03. The van der Waals surface area contributed by atoms with Crippen LogP contribution in [0.15, 0.2) is 29.3 Å². The molecule has 0 bridgehead atoms. The van der Waals surface area contributed by atoms with Gasteiger partial charge >= 0.3 is 5.97 Å². The van der Waals surface area contributed by atoms with E-state index in [2.05, 4.69) is 17.2 Å². The summed E-state index contributed by atoms with van der Waals surface area (Å²) in [5.41, 5.74) is 0.957. The fourth-order valence-electron chi connectivity index (χ4n) is 3.36. The summed E-state index contributed by atoms with van der Waals surface area (Å²) < 4.78 is 0. The van der Waals surface area contributed by atoms with E-state index in [1.807, 2.05) is 18.0 Å². The van der Waals surface area contributed by atoms with Gasteiger partial charge in [0.2, 0.25) is 0 Å². The molecule has 0 spiro atoms. The second kappa shape index (κ2) is 6.12. The molecule has 2 heterocycles. The molecule has 3 rings (SSSR count). The number of carboxylic acids is 1. The van der Waals surface area contributed by atoms with Gasteiger partial charge in [0.25, 0.3) is 0 Å². The van der Waals surface area contributed by atoms with Crippen LogP contribution in [0.5, 0.6) is 0 Å². The minimum atomic E-state index is -1.20. The van der Waals surface area contributed by atoms with Gasteiger partial charge in [0.05, 0.1) is 5.69 Å². The zero-order chi connectivity index (χ0) is 16.6. The quantitative estimate of drug-likeness (QED) is 0.827. The number of amidine groups is 1.